The molecule has 6 heteroatoms. The van der Waals surface area contributed by atoms with Crippen LogP contribution in [-0.4, -0.2) is 24.7 Å². The zero-order valence-corrected chi connectivity index (χ0v) is 22.1. The summed E-state index contributed by atoms with van der Waals surface area (Å²) in [6.07, 6.45) is 0.657. The minimum atomic E-state index is -3.31. The molecule has 5 nitrogen and oxygen atoms in total. The molecule has 1 N–H and O–H groups in total. The van der Waals surface area contributed by atoms with E-state index in [1.54, 1.807) is 6.07 Å². The van der Waals surface area contributed by atoms with E-state index in [9.17, 15) is 9.67 Å². The van der Waals surface area contributed by atoms with Gasteiger partial charge in [-0.3, -0.25) is 4.57 Å². The molecule has 1 aliphatic rings. The van der Waals surface area contributed by atoms with Crippen molar-refractivity contribution in [2.75, 3.05) is 19.6 Å². The summed E-state index contributed by atoms with van der Waals surface area (Å²) in [6.45, 7) is 11.0. The smallest absolute Gasteiger partial charge is 0.367 e. The SMILES string of the molecule is Cc1cccc(C2COP(=O)(COc3cc(C)c(Cc4ccc(O)c(C(C)C)c4)c(C)c3)OC2)c1. The number of phenolic OH excluding ortho intramolecular Hbond substituents is 1. The topological polar surface area (TPSA) is 65.0 Å². The van der Waals surface area contributed by atoms with Gasteiger partial charge in [0.1, 0.15) is 11.5 Å². The highest BCUT2D eigenvalue weighted by Crippen LogP contribution is 2.52. The second-order valence-electron chi connectivity index (χ2n) is 9.85. The second kappa shape index (κ2) is 10.6. The monoisotopic (exact) mass is 494 g/mol. The highest BCUT2D eigenvalue weighted by atomic mass is 31.2. The van der Waals surface area contributed by atoms with Crippen LogP contribution in [0.2, 0.25) is 0 Å². The van der Waals surface area contributed by atoms with Gasteiger partial charge in [-0.2, -0.15) is 0 Å². The summed E-state index contributed by atoms with van der Waals surface area (Å²) in [5, 5.41) is 10.1. The van der Waals surface area contributed by atoms with Gasteiger partial charge in [0.2, 0.25) is 0 Å². The Kier molecular flexibility index (Phi) is 7.70. The fraction of sp³-hybridized carbons (Fsp3) is 0.379. The first kappa shape index (κ1) is 25.5. The summed E-state index contributed by atoms with van der Waals surface area (Å²) in [5.74, 6) is 1.32. The van der Waals surface area contributed by atoms with E-state index in [1.165, 1.54) is 11.1 Å². The van der Waals surface area contributed by atoms with E-state index in [1.807, 2.05) is 30.3 Å². The fourth-order valence-corrected chi connectivity index (χ4v) is 5.88. The van der Waals surface area contributed by atoms with Gasteiger partial charge in [0.15, 0.2) is 6.35 Å². The van der Waals surface area contributed by atoms with Crippen molar-refractivity contribution in [3.8, 4) is 11.5 Å². The van der Waals surface area contributed by atoms with Gasteiger partial charge < -0.3 is 18.9 Å². The molecular formula is C29H35O5P. The average Bonchev–Trinajstić information content (AvgIpc) is 2.81. The Morgan fingerprint density at radius 3 is 2.31 bits per heavy atom. The molecule has 0 spiro atoms. The third kappa shape index (κ3) is 6.16. The number of aromatic hydroxyl groups is 1. The van der Waals surface area contributed by atoms with Crippen molar-refractivity contribution in [2.24, 2.45) is 0 Å². The van der Waals surface area contributed by atoms with Crippen molar-refractivity contribution in [1.29, 1.82) is 0 Å². The molecule has 1 fully saturated rings. The Morgan fingerprint density at radius 1 is 1.00 bits per heavy atom. The number of ether oxygens (including phenoxy) is 1. The number of hydrogen-bond acceptors (Lipinski definition) is 5. The molecule has 0 aromatic heterocycles. The van der Waals surface area contributed by atoms with Crippen molar-refractivity contribution in [2.45, 2.75) is 52.9 Å². The summed E-state index contributed by atoms with van der Waals surface area (Å²) in [6, 6.07) is 18.0. The standard InChI is InChI=1S/C29H35O5P/c1-19(2)27-14-23(9-10-29(27)30)15-28-21(4)12-26(13-22(28)5)32-18-35(31)33-16-25(17-34-35)24-8-6-7-20(3)11-24/h6-14,19,25,30H,15-18H2,1-5H3. The summed E-state index contributed by atoms with van der Waals surface area (Å²) in [7, 11) is -3.31. The van der Waals surface area contributed by atoms with Crippen LogP contribution < -0.4 is 4.74 Å². The molecular weight excluding hydrogens is 459 g/mol. The number of aryl methyl sites for hydroxylation is 3. The number of rotatable bonds is 7. The summed E-state index contributed by atoms with van der Waals surface area (Å²) < 4.78 is 30.3. The maximum absolute atomic E-state index is 13.1. The number of hydrogen-bond donors (Lipinski definition) is 1. The van der Waals surface area contributed by atoms with Gasteiger partial charge in [-0.25, -0.2) is 0 Å². The van der Waals surface area contributed by atoms with Crippen LogP contribution in [0.25, 0.3) is 0 Å². The van der Waals surface area contributed by atoms with Crippen molar-refractivity contribution in [1.82, 2.24) is 0 Å². The van der Waals surface area contributed by atoms with Crippen LogP contribution in [0.15, 0.2) is 54.6 Å². The zero-order chi connectivity index (χ0) is 25.2. The Morgan fingerprint density at radius 2 is 1.69 bits per heavy atom. The van der Waals surface area contributed by atoms with Gasteiger partial charge in [0.05, 0.1) is 13.2 Å². The van der Waals surface area contributed by atoms with Crippen LogP contribution in [-0.2, 0) is 20.0 Å². The van der Waals surface area contributed by atoms with Gasteiger partial charge >= 0.3 is 7.60 Å². The first-order valence-corrected chi connectivity index (χ1v) is 13.9. The van der Waals surface area contributed by atoms with Crippen LogP contribution in [0.4, 0.5) is 0 Å². The lowest BCUT2D eigenvalue weighted by molar-refractivity contribution is 0.113. The minimum absolute atomic E-state index is 0.0665. The first-order chi connectivity index (χ1) is 16.6. The molecule has 3 aromatic carbocycles. The van der Waals surface area contributed by atoms with Gasteiger partial charge in [-0.1, -0.05) is 55.8 Å². The van der Waals surface area contributed by atoms with E-state index >= 15 is 0 Å². The molecule has 0 radical (unpaired) electrons. The predicted octanol–water partition coefficient (Wildman–Crippen LogP) is 7.39. The highest BCUT2D eigenvalue weighted by molar-refractivity contribution is 7.53. The summed E-state index contributed by atoms with van der Waals surface area (Å²) >= 11 is 0. The molecule has 35 heavy (non-hydrogen) atoms. The minimum Gasteiger partial charge on any atom is -0.508 e. The molecule has 0 saturated carbocycles. The molecule has 3 aromatic rings. The highest BCUT2D eigenvalue weighted by Gasteiger charge is 2.34. The molecule has 0 aliphatic carbocycles. The Hall–Kier alpha value is -2.59. The Labute approximate surface area is 208 Å². The Balaban J connectivity index is 1.39. The molecule has 0 unspecified atom stereocenters. The average molecular weight is 495 g/mol. The molecule has 1 heterocycles. The van der Waals surface area contributed by atoms with Gasteiger partial charge in [0, 0.05) is 5.92 Å². The number of phenols is 1. The Bertz CT molecular complexity index is 1210. The van der Waals surface area contributed by atoms with Crippen LogP contribution in [0.5, 0.6) is 11.5 Å². The largest absolute Gasteiger partial charge is 0.508 e. The quantitative estimate of drug-likeness (QED) is 0.347. The van der Waals surface area contributed by atoms with Crippen molar-refractivity contribution >= 4 is 7.60 Å². The molecule has 186 valence electrons. The fourth-order valence-electron chi connectivity index (χ4n) is 4.53. The first-order valence-electron chi connectivity index (χ1n) is 12.1. The predicted molar refractivity (Wildman–Crippen MR) is 140 cm³/mol. The van der Waals surface area contributed by atoms with Crippen LogP contribution in [0, 0.1) is 20.8 Å². The van der Waals surface area contributed by atoms with Crippen LogP contribution in [0.3, 0.4) is 0 Å². The van der Waals surface area contributed by atoms with E-state index in [0.717, 1.165) is 34.2 Å². The lowest BCUT2D eigenvalue weighted by Gasteiger charge is -2.29. The summed E-state index contributed by atoms with van der Waals surface area (Å²) in [5.41, 5.74) is 7.84. The third-order valence-electron chi connectivity index (χ3n) is 6.61. The van der Waals surface area contributed by atoms with Gasteiger partial charge in [-0.05, 0) is 84.7 Å². The molecule has 0 bridgehead atoms. The molecule has 0 amide bonds. The van der Waals surface area contributed by atoms with Crippen molar-refractivity contribution < 1.29 is 23.5 Å². The summed E-state index contributed by atoms with van der Waals surface area (Å²) in [4.78, 5) is 0. The third-order valence-corrected chi connectivity index (χ3v) is 8.14. The zero-order valence-electron chi connectivity index (χ0n) is 21.2. The van der Waals surface area contributed by atoms with E-state index in [4.69, 9.17) is 13.8 Å². The van der Waals surface area contributed by atoms with Gasteiger partial charge in [-0.15, -0.1) is 0 Å². The lowest BCUT2D eigenvalue weighted by Crippen LogP contribution is -2.21. The van der Waals surface area contributed by atoms with E-state index in [2.05, 4.69) is 52.8 Å². The van der Waals surface area contributed by atoms with Crippen LogP contribution in [0.1, 0.15) is 64.6 Å². The molecule has 1 aliphatic heterocycles. The lowest BCUT2D eigenvalue weighted by atomic mass is 9.93. The maximum Gasteiger partial charge on any atom is 0.367 e. The second-order valence-corrected chi connectivity index (χ2v) is 11.8. The molecule has 4 rings (SSSR count). The van der Waals surface area contributed by atoms with E-state index < -0.39 is 7.60 Å². The van der Waals surface area contributed by atoms with Crippen molar-refractivity contribution in [3.63, 3.8) is 0 Å². The van der Waals surface area contributed by atoms with Crippen molar-refractivity contribution in [3.05, 3.63) is 93.5 Å². The number of benzene rings is 3. The molecule has 0 atom stereocenters. The van der Waals surface area contributed by atoms with Gasteiger partial charge in [0.25, 0.3) is 0 Å². The van der Waals surface area contributed by atoms with E-state index in [-0.39, 0.29) is 18.2 Å². The van der Waals surface area contributed by atoms with Crippen LogP contribution >= 0.6 is 7.60 Å². The normalized spacial score (nSPS) is 20.2. The maximum atomic E-state index is 13.1. The molecule has 1 saturated heterocycles. The van der Waals surface area contributed by atoms with E-state index in [0.29, 0.717) is 24.7 Å².